The van der Waals surface area contributed by atoms with Crippen LogP contribution in [0.3, 0.4) is 0 Å². The third-order valence-electron chi connectivity index (χ3n) is 2.92. The van der Waals surface area contributed by atoms with E-state index in [1.807, 2.05) is 13.8 Å². The van der Waals surface area contributed by atoms with Gasteiger partial charge in [-0.1, -0.05) is 31.4 Å². The summed E-state index contributed by atoms with van der Waals surface area (Å²) in [5.41, 5.74) is 0.271. The second-order valence-electron chi connectivity index (χ2n) is 4.11. The first-order valence-corrected chi connectivity index (χ1v) is 4.90. The molecule has 0 aromatic rings. The van der Waals surface area contributed by atoms with Gasteiger partial charge in [-0.2, -0.15) is 0 Å². The molecular weight excluding hydrogens is 160 g/mol. The van der Waals surface area contributed by atoms with Crippen molar-refractivity contribution < 1.29 is 5.11 Å². The van der Waals surface area contributed by atoms with Gasteiger partial charge >= 0.3 is 0 Å². The van der Waals surface area contributed by atoms with E-state index in [9.17, 15) is 5.11 Å². The molecule has 1 heteroatoms. The molecule has 0 spiro atoms. The summed E-state index contributed by atoms with van der Waals surface area (Å²) >= 11 is 0. The molecule has 3 atom stereocenters. The largest absolute Gasteiger partial charge is 0.377 e. The van der Waals surface area contributed by atoms with Crippen LogP contribution in [0.4, 0.5) is 0 Å². The Morgan fingerprint density at radius 2 is 2.38 bits per heavy atom. The Labute approximate surface area is 80.9 Å². The average Bonchev–Trinajstić information content (AvgIpc) is 2.83. The van der Waals surface area contributed by atoms with Gasteiger partial charge in [0, 0.05) is 5.92 Å². The normalized spacial score (nSPS) is 30.3. The zero-order valence-corrected chi connectivity index (χ0v) is 8.51. The number of hydrogen-bond donors (Lipinski definition) is 1. The van der Waals surface area contributed by atoms with Crippen molar-refractivity contribution in [2.24, 2.45) is 11.8 Å². The molecule has 0 aliphatic heterocycles. The molecule has 0 heterocycles. The van der Waals surface area contributed by atoms with Crippen molar-refractivity contribution in [3.8, 4) is 12.3 Å². The molecule has 1 saturated carbocycles. The summed E-state index contributed by atoms with van der Waals surface area (Å²) in [7, 11) is 0. The summed E-state index contributed by atoms with van der Waals surface area (Å²) in [6.07, 6.45) is 8.01. The van der Waals surface area contributed by atoms with E-state index in [1.165, 1.54) is 0 Å². The van der Waals surface area contributed by atoms with Crippen LogP contribution in [-0.2, 0) is 0 Å². The number of allylic oxidation sites excluding steroid dienone is 1. The first-order valence-electron chi connectivity index (χ1n) is 4.90. The highest BCUT2D eigenvalue weighted by atomic mass is 16.3. The molecular formula is C12H18O. The van der Waals surface area contributed by atoms with Crippen molar-refractivity contribution in [2.75, 3.05) is 0 Å². The van der Waals surface area contributed by atoms with Crippen LogP contribution in [0.15, 0.2) is 12.2 Å². The quantitative estimate of drug-likeness (QED) is 0.517. The topological polar surface area (TPSA) is 20.2 Å². The van der Waals surface area contributed by atoms with Crippen LogP contribution in [0.25, 0.3) is 0 Å². The van der Waals surface area contributed by atoms with Crippen molar-refractivity contribution in [1.82, 2.24) is 0 Å². The maximum atomic E-state index is 10.1. The first kappa shape index (κ1) is 10.3. The van der Waals surface area contributed by atoms with Crippen LogP contribution in [0, 0.1) is 24.2 Å². The number of terminal acetylenes is 1. The Bertz CT molecular complexity index is 248. The number of aliphatic hydroxyl groups is 1. The molecule has 13 heavy (non-hydrogen) atoms. The van der Waals surface area contributed by atoms with Crippen LogP contribution >= 0.6 is 0 Å². The van der Waals surface area contributed by atoms with E-state index in [1.54, 1.807) is 0 Å². The van der Waals surface area contributed by atoms with Crippen LogP contribution in [-0.4, -0.2) is 10.7 Å². The van der Waals surface area contributed by atoms with Crippen LogP contribution in [0.1, 0.15) is 33.1 Å². The Morgan fingerprint density at radius 3 is 2.69 bits per heavy atom. The maximum Gasteiger partial charge on any atom is 0.128 e. The summed E-state index contributed by atoms with van der Waals surface area (Å²) in [5.74, 6) is 3.25. The van der Waals surface area contributed by atoms with E-state index < -0.39 is 5.60 Å². The van der Waals surface area contributed by atoms with E-state index in [2.05, 4.69) is 12.5 Å². The Morgan fingerprint density at radius 1 is 1.77 bits per heavy atom. The maximum absolute atomic E-state index is 10.1. The Balaban J connectivity index is 2.61. The van der Waals surface area contributed by atoms with Crippen LogP contribution < -0.4 is 0 Å². The molecule has 0 bridgehead atoms. The molecule has 0 amide bonds. The Hall–Kier alpha value is -0.740. The van der Waals surface area contributed by atoms with Gasteiger partial charge < -0.3 is 5.11 Å². The lowest BCUT2D eigenvalue weighted by Crippen LogP contribution is -2.29. The van der Waals surface area contributed by atoms with E-state index in [4.69, 9.17) is 6.42 Å². The predicted molar refractivity (Wildman–Crippen MR) is 55.1 cm³/mol. The molecule has 1 aliphatic rings. The van der Waals surface area contributed by atoms with Crippen molar-refractivity contribution in [3.05, 3.63) is 12.2 Å². The van der Waals surface area contributed by atoms with Crippen LogP contribution in [0.2, 0.25) is 0 Å². The molecule has 0 aromatic carbocycles. The summed E-state index contributed by atoms with van der Waals surface area (Å²) in [6.45, 7) is 7.95. The molecule has 1 rings (SSSR count). The molecule has 1 nitrogen and oxygen atoms in total. The molecule has 1 aliphatic carbocycles. The minimum absolute atomic E-state index is 0.259. The molecule has 1 unspecified atom stereocenters. The lowest BCUT2D eigenvalue weighted by molar-refractivity contribution is 0.0639. The smallest absolute Gasteiger partial charge is 0.128 e. The van der Waals surface area contributed by atoms with Gasteiger partial charge in [-0.25, -0.2) is 0 Å². The minimum atomic E-state index is -0.877. The summed E-state index contributed by atoms with van der Waals surface area (Å²) in [5, 5.41) is 10.1. The summed E-state index contributed by atoms with van der Waals surface area (Å²) < 4.78 is 0. The molecule has 0 radical (unpaired) electrons. The molecule has 1 N–H and O–H groups in total. The van der Waals surface area contributed by atoms with Gasteiger partial charge in [0.2, 0.25) is 0 Å². The van der Waals surface area contributed by atoms with E-state index in [0.29, 0.717) is 12.3 Å². The zero-order valence-electron chi connectivity index (χ0n) is 8.51. The van der Waals surface area contributed by atoms with Crippen molar-refractivity contribution >= 4 is 0 Å². The van der Waals surface area contributed by atoms with Gasteiger partial charge in [-0.05, 0) is 25.7 Å². The summed E-state index contributed by atoms with van der Waals surface area (Å²) in [4.78, 5) is 0. The second-order valence-corrected chi connectivity index (χ2v) is 4.11. The van der Waals surface area contributed by atoms with E-state index >= 15 is 0 Å². The fourth-order valence-corrected chi connectivity index (χ4v) is 2.01. The fraction of sp³-hybridized carbons (Fsp3) is 0.667. The molecule has 72 valence electrons. The van der Waals surface area contributed by atoms with Crippen molar-refractivity contribution in [3.63, 3.8) is 0 Å². The van der Waals surface area contributed by atoms with Gasteiger partial charge in [0.25, 0.3) is 0 Å². The van der Waals surface area contributed by atoms with Gasteiger partial charge in [-0.15, -0.1) is 6.42 Å². The van der Waals surface area contributed by atoms with E-state index in [0.717, 1.165) is 18.4 Å². The Kier molecular flexibility index (Phi) is 2.83. The van der Waals surface area contributed by atoms with Crippen molar-refractivity contribution in [1.29, 1.82) is 0 Å². The zero-order chi connectivity index (χ0) is 10.1. The minimum Gasteiger partial charge on any atom is -0.377 e. The van der Waals surface area contributed by atoms with Gasteiger partial charge in [-0.3, -0.25) is 0 Å². The lowest BCUT2D eigenvalue weighted by atomic mass is 9.91. The predicted octanol–water partition coefficient (Wildman–Crippen LogP) is 2.36. The second kappa shape index (κ2) is 3.55. The standard InChI is InChI=1S/C12H18O/c1-5-7-12(13,6-2)11-8-10(11)9(3)4/h2,10-11,13H,3,5,7-8H2,1,4H3/t10-,11+,12?/m1/s1. The van der Waals surface area contributed by atoms with Gasteiger partial charge in [0.15, 0.2) is 0 Å². The van der Waals surface area contributed by atoms with E-state index in [-0.39, 0.29) is 5.92 Å². The van der Waals surface area contributed by atoms with Crippen LogP contribution in [0.5, 0.6) is 0 Å². The molecule has 1 fully saturated rings. The fourth-order valence-electron chi connectivity index (χ4n) is 2.01. The molecule has 0 saturated heterocycles. The SMILES string of the molecule is C#CC(O)(CCC)[C@H]1C[C@@H]1C(=C)C. The first-order chi connectivity index (χ1) is 6.05. The third-order valence-corrected chi connectivity index (χ3v) is 2.92. The molecule has 0 aromatic heterocycles. The highest BCUT2D eigenvalue weighted by Gasteiger charge is 2.50. The van der Waals surface area contributed by atoms with Gasteiger partial charge in [0.1, 0.15) is 5.60 Å². The number of hydrogen-bond acceptors (Lipinski definition) is 1. The number of rotatable bonds is 4. The average molecular weight is 178 g/mol. The third kappa shape index (κ3) is 1.95. The van der Waals surface area contributed by atoms with Gasteiger partial charge in [0.05, 0.1) is 0 Å². The summed E-state index contributed by atoms with van der Waals surface area (Å²) in [6, 6.07) is 0. The highest BCUT2D eigenvalue weighted by Crippen LogP contribution is 2.51. The van der Waals surface area contributed by atoms with Crippen molar-refractivity contribution in [2.45, 2.75) is 38.7 Å². The monoisotopic (exact) mass is 178 g/mol. The lowest BCUT2D eigenvalue weighted by Gasteiger charge is -2.21. The highest BCUT2D eigenvalue weighted by molar-refractivity contribution is 5.22.